The van der Waals surface area contributed by atoms with E-state index >= 15 is 0 Å². The van der Waals surface area contributed by atoms with Gasteiger partial charge in [-0.05, 0) is 42.5 Å². The number of halogens is 2. The molecule has 9 nitrogen and oxygen atoms in total. The summed E-state index contributed by atoms with van der Waals surface area (Å²) >= 11 is 7.33. The molecule has 0 saturated heterocycles. The first-order chi connectivity index (χ1) is 19.4. The van der Waals surface area contributed by atoms with E-state index in [-0.39, 0.29) is 11.4 Å². The molecule has 0 aliphatic rings. The lowest BCUT2D eigenvalue weighted by molar-refractivity contribution is 0.199. The van der Waals surface area contributed by atoms with Gasteiger partial charge in [0, 0.05) is 62.0 Å². The van der Waals surface area contributed by atoms with Crippen LogP contribution in [0, 0.1) is 5.82 Å². The number of ether oxygens (including phenoxy) is 2. The third kappa shape index (κ3) is 6.40. The van der Waals surface area contributed by atoms with E-state index in [0.717, 1.165) is 33.2 Å². The van der Waals surface area contributed by atoms with Crippen LogP contribution in [0.4, 0.5) is 20.6 Å². The molecule has 12 heteroatoms. The molecule has 5 rings (SSSR count). The Kier molecular flexibility index (Phi) is 8.56. The summed E-state index contributed by atoms with van der Waals surface area (Å²) in [6, 6.07) is 14.0. The average Bonchev–Trinajstić information content (AvgIpc) is 3.53. The number of methoxy groups -OCH3 is 1. The maximum atomic E-state index is 15.0. The molecule has 0 aliphatic heterocycles. The normalized spacial score (nSPS) is 11.1. The van der Waals surface area contributed by atoms with Crippen molar-refractivity contribution in [1.29, 1.82) is 0 Å². The third-order valence-corrected chi connectivity index (χ3v) is 7.37. The van der Waals surface area contributed by atoms with Crippen molar-refractivity contribution in [2.45, 2.75) is 6.54 Å². The lowest BCUT2D eigenvalue weighted by atomic mass is 10.3. The van der Waals surface area contributed by atoms with Gasteiger partial charge in [-0.3, -0.25) is 4.98 Å². The zero-order valence-electron chi connectivity index (χ0n) is 21.7. The minimum atomic E-state index is -0.624. The van der Waals surface area contributed by atoms with Crippen LogP contribution in [0.15, 0.2) is 67.0 Å². The van der Waals surface area contributed by atoms with E-state index in [9.17, 15) is 9.18 Å². The number of carbonyl (C=O) groups excluding carboxylic acids is 1. The quantitative estimate of drug-likeness (QED) is 0.160. The number of benzene rings is 2. The number of urea groups is 1. The number of carbonyl (C=O) groups is 1. The first-order valence-electron chi connectivity index (χ1n) is 12.3. The summed E-state index contributed by atoms with van der Waals surface area (Å²) in [7, 11) is 3.63. The van der Waals surface area contributed by atoms with Gasteiger partial charge in [-0.25, -0.2) is 14.2 Å². The summed E-state index contributed by atoms with van der Waals surface area (Å²) < 4.78 is 28.8. The van der Waals surface area contributed by atoms with Crippen molar-refractivity contribution in [2.75, 3.05) is 30.9 Å². The van der Waals surface area contributed by atoms with E-state index in [0.29, 0.717) is 29.6 Å². The number of nitrogens with one attached hydrogen (secondary N) is 3. The molecule has 0 spiro atoms. The molecule has 5 aromatic rings. The number of anilines is 2. The van der Waals surface area contributed by atoms with Crippen LogP contribution in [0.25, 0.3) is 20.9 Å². The number of thiophene rings is 1. The monoisotopic (exact) mass is 580 g/mol. The average molecular weight is 581 g/mol. The molecule has 0 atom stereocenters. The van der Waals surface area contributed by atoms with Crippen LogP contribution >= 0.6 is 22.9 Å². The predicted octanol–water partition coefficient (Wildman–Crippen LogP) is 6.66. The molecule has 0 saturated carbocycles. The van der Waals surface area contributed by atoms with Crippen LogP contribution in [0.3, 0.4) is 0 Å². The molecule has 0 fully saturated rings. The Morgan fingerprint density at radius 2 is 1.82 bits per heavy atom. The first kappa shape index (κ1) is 27.5. The van der Waals surface area contributed by atoms with Crippen molar-refractivity contribution in [1.82, 2.24) is 19.9 Å². The first-order valence-corrected chi connectivity index (χ1v) is 13.5. The summed E-state index contributed by atoms with van der Waals surface area (Å²) in [4.78, 5) is 22.3. The summed E-state index contributed by atoms with van der Waals surface area (Å²) in [6.45, 7) is 2.04. The molecule has 0 radical (unpaired) electrons. The largest absolute Gasteiger partial charge is 0.453 e. The van der Waals surface area contributed by atoms with Gasteiger partial charge in [-0.2, -0.15) is 0 Å². The van der Waals surface area contributed by atoms with E-state index in [1.807, 2.05) is 23.9 Å². The molecule has 2 aromatic carbocycles. The number of hydrogen-bond donors (Lipinski definition) is 3. The fraction of sp³-hybridized carbons (Fsp3) is 0.179. The molecule has 2 amide bonds. The van der Waals surface area contributed by atoms with Gasteiger partial charge in [-0.15, -0.1) is 11.3 Å². The van der Waals surface area contributed by atoms with Gasteiger partial charge in [-0.1, -0.05) is 11.6 Å². The van der Waals surface area contributed by atoms with Gasteiger partial charge in [0.05, 0.1) is 33.6 Å². The predicted molar refractivity (Wildman–Crippen MR) is 156 cm³/mol. The molecule has 3 heterocycles. The molecule has 40 heavy (non-hydrogen) atoms. The SMILES string of the molecule is COCCNCc1cnc(-c2cc3nccc(Oc4ccc(NC(=O)Nc5ccc(Cl)cc5)cc4F)c3s2)n1C. The summed E-state index contributed by atoms with van der Waals surface area (Å²) in [6.07, 6.45) is 3.46. The number of rotatable bonds is 10. The van der Waals surface area contributed by atoms with Crippen LogP contribution < -0.4 is 20.7 Å². The number of nitrogens with zero attached hydrogens (tertiary/aromatic N) is 3. The van der Waals surface area contributed by atoms with Gasteiger partial charge in [0.15, 0.2) is 11.6 Å². The molecule has 3 aromatic heterocycles. The smallest absolute Gasteiger partial charge is 0.323 e. The minimum absolute atomic E-state index is 0.0209. The van der Waals surface area contributed by atoms with E-state index in [4.69, 9.17) is 21.1 Å². The number of hydrogen-bond acceptors (Lipinski definition) is 7. The van der Waals surface area contributed by atoms with Crippen molar-refractivity contribution < 1.29 is 18.7 Å². The Balaban J connectivity index is 1.29. The summed E-state index contributed by atoms with van der Waals surface area (Å²) in [5, 5.41) is 9.15. The maximum Gasteiger partial charge on any atom is 0.323 e. The van der Waals surface area contributed by atoms with Gasteiger partial charge in [0.1, 0.15) is 11.6 Å². The molecule has 3 N–H and O–H groups in total. The van der Waals surface area contributed by atoms with Crippen LogP contribution in [-0.2, 0) is 18.3 Å². The second-order valence-electron chi connectivity index (χ2n) is 8.77. The molecular weight excluding hydrogens is 555 g/mol. The van der Waals surface area contributed by atoms with Crippen molar-refractivity contribution >= 4 is 50.6 Å². The topological polar surface area (TPSA) is 102 Å². The minimum Gasteiger partial charge on any atom is -0.453 e. The Morgan fingerprint density at radius 1 is 1.05 bits per heavy atom. The number of fused-ring (bicyclic) bond motifs is 1. The van der Waals surface area contributed by atoms with Crippen LogP contribution in [0.2, 0.25) is 5.02 Å². The van der Waals surface area contributed by atoms with Gasteiger partial charge in [0.2, 0.25) is 0 Å². The third-order valence-electron chi connectivity index (χ3n) is 5.98. The van der Waals surface area contributed by atoms with Crippen LogP contribution in [0.1, 0.15) is 5.69 Å². The fourth-order valence-electron chi connectivity index (χ4n) is 3.94. The lowest BCUT2D eigenvalue weighted by Gasteiger charge is -2.11. The van der Waals surface area contributed by atoms with Gasteiger partial charge in [0.25, 0.3) is 0 Å². The maximum absolute atomic E-state index is 15.0. The van der Waals surface area contributed by atoms with Crippen LogP contribution in [-0.4, -0.2) is 40.8 Å². The zero-order chi connectivity index (χ0) is 28.1. The lowest BCUT2D eigenvalue weighted by Crippen LogP contribution is -2.20. The Morgan fingerprint density at radius 3 is 2.60 bits per heavy atom. The molecule has 0 aliphatic carbocycles. The molecule has 0 bridgehead atoms. The van der Waals surface area contributed by atoms with E-state index in [2.05, 4.69) is 25.9 Å². The second kappa shape index (κ2) is 12.4. The highest BCUT2D eigenvalue weighted by Crippen LogP contribution is 2.39. The number of pyridine rings is 1. The molecule has 0 unspecified atom stereocenters. The Bertz CT molecular complexity index is 1640. The molecule has 206 valence electrons. The van der Waals surface area contributed by atoms with Crippen molar-refractivity contribution in [2.24, 2.45) is 7.05 Å². The number of aromatic nitrogens is 3. The van der Waals surface area contributed by atoms with E-state index in [1.54, 1.807) is 49.7 Å². The Hall–Kier alpha value is -4.03. The fourth-order valence-corrected chi connectivity index (χ4v) is 5.16. The molecular formula is C28H26ClFN6O3S. The highest BCUT2D eigenvalue weighted by Gasteiger charge is 2.16. The highest BCUT2D eigenvalue weighted by molar-refractivity contribution is 7.22. The van der Waals surface area contributed by atoms with Crippen LogP contribution in [0.5, 0.6) is 11.5 Å². The van der Waals surface area contributed by atoms with Crippen molar-refractivity contribution in [3.05, 3.63) is 83.5 Å². The number of amides is 2. The van der Waals surface area contributed by atoms with Gasteiger partial charge < -0.3 is 30.0 Å². The van der Waals surface area contributed by atoms with Crippen molar-refractivity contribution in [3.8, 4) is 22.2 Å². The Labute approximate surface area is 238 Å². The van der Waals surface area contributed by atoms with Gasteiger partial charge >= 0.3 is 6.03 Å². The van der Waals surface area contributed by atoms with Crippen molar-refractivity contribution in [3.63, 3.8) is 0 Å². The number of imidazole rings is 1. The summed E-state index contributed by atoms with van der Waals surface area (Å²) in [5.74, 6) is 0.668. The second-order valence-corrected chi connectivity index (χ2v) is 10.3. The highest BCUT2D eigenvalue weighted by atomic mass is 35.5. The van der Waals surface area contributed by atoms with E-state index < -0.39 is 11.8 Å². The standard InChI is InChI=1S/C28H26ClFN6O3S/c1-36-20(15-31-11-12-38-2)16-33-27(36)25-14-22-26(40-25)24(9-10-32-22)39-23-8-7-19(13-21(23)30)35-28(37)34-18-5-3-17(29)4-6-18/h3-10,13-14,16,31H,11-12,15H2,1-2H3,(H2,34,35,37). The zero-order valence-corrected chi connectivity index (χ0v) is 23.3. The van der Waals surface area contributed by atoms with E-state index in [1.165, 1.54) is 23.5 Å². The summed E-state index contributed by atoms with van der Waals surface area (Å²) in [5.41, 5.74) is 2.58.